The predicted octanol–water partition coefficient (Wildman–Crippen LogP) is 2.32. The summed E-state index contributed by atoms with van der Waals surface area (Å²) in [6.07, 6.45) is 1.41. The van der Waals surface area contributed by atoms with E-state index in [9.17, 15) is 4.39 Å². The Hall–Kier alpha value is -2.01. The molecule has 0 aliphatic carbocycles. The van der Waals surface area contributed by atoms with Gasteiger partial charge in [-0.15, -0.1) is 0 Å². The molecule has 3 rings (SSSR count). The highest BCUT2D eigenvalue weighted by Gasteiger charge is 2.17. The number of anilines is 1. The van der Waals surface area contributed by atoms with Crippen LogP contribution in [-0.4, -0.2) is 23.6 Å². The lowest BCUT2D eigenvalue weighted by Gasteiger charge is -2.19. The fraction of sp³-hybridized carbons (Fsp3) is 0.333. The fourth-order valence-corrected chi connectivity index (χ4v) is 2.35. The molecule has 1 aromatic heterocycles. The van der Waals surface area contributed by atoms with E-state index in [1.165, 1.54) is 12.1 Å². The molecule has 1 aromatic carbocycles. The maximum atomic E-state index is 12.9. The molecule has 0 saturated carbocycles. The molecule has 0 amide bonds. The summed E-state index contributed by atoms with van der Waals surface area (Å²) in [5.41, 5.74) is 3.09. The molecule has 4 nitrogen and oxygen atoms in total. The first-order chi connectivity index (χ1) is 9.76. The number of hydrogen-bond donors (Lipinski definition) is 1. The maximum Gasteiger partial charge on any atom is 0.135 e. The molecule has 0 atom stereocenters. The highest BCUT2D eigenvalue weighted by molar-refractivity contribution is 5.47. The molecule has 2 heterocycles. The van der Waals surface area contributed by atoms with Crippen molar-refractivity contribution in [2.75, 3.05) is 19.0 Å². The summed E-state index contributed by atoms with van der Waals surface area (Å²) in [7, 11) is 1.85. The normalized spacial score (nSPS) is 13.9. The molecule has 1 aliphatic rings. The van der Waals surface area contributed by atoms with Crippen LogP contribution in [0.3, 0.4) is 0 Å². The minimum absolute atomic E-state index is 0.229. The van der Waals surface area contributed by atoms with Crippen molar-refractivity contribution in [3.8, 4) is 0 Å². The Labute approximate surface area is 117 Å². The zero-order chi connectivity index (χ0) is 13.9. The van der Waals surface area contributed by atoms with Crippen LogP contribution in [0.4, 0.5) is 10.2 Å². The Kier molecular flexibility index (Phi) is 3.60. The van der Waals surface area contributed by atoms with Crippen molar-refractivity contribution in [1.82, 2.24) is 9.97 Å². The third kappa shape index (κ3) is 2.63. The van der Waals surface area contributed by atoms with Gasteiger partial charge in [0.05, 0.1) is 18.9 Å². The van der Waals surface area contributed by atoms with E-state index < -0.39 is 0 Å². The van der Waals surface area contributed by atoms with Gasteiger partial charge in [0, 0.05) is 25.5 Å². The van der Waals surface area contributed by atoms with Crippen LogP contribution in [-0.2, 0) is 24.2 Å². The third-order valence-electron chi connectivity index (χ3n) is 3.38. The van der Waals surface area contributed by atoms with Crippen molar-refractivity contribution in [3.63, 3.8) is 0 Å². The predicted molar refractivity (Wildman–Crippen MR) is 74.1 cm³/mol. The number of nitrogens with one attached hydrogen (secondary N) is 1. The number of halogens is 1. The van der Waals surface area contributed by atoms with Crippen LogP contribution >= 0.6 is 0 Å². The van der Waals surface area contributed by atoms with Gasteiger partial charge < -0.3 is 10.1 Å². The average Bonchev–Trinajstić information content (AvgIpc) is 2.49. The Morgan fingerprint density at radius 3 is 2.80 bits per heavy atom. The van der Waals surface area contributed by atoms with Crippen molar-refractivity contribution < 1.29 is 9.13 Å². The van der Waals surface area contributed by atoms with Crippen LogP contribution in [0.15, 0.2) is 24.3 Å². The van der Waals surface area contributed by atoms with Crippen LogP contribution in [0.5, 0.6) is 0 Å². The van der Waals surface area contributed by atoms with Crippen molar-refractivity contribution in [2.45, 2.75) is 19.4 Å². The van der Waals surface area contributed by atoms with E-state index in [1.807, 2.05) is 7.05 Å². The maximum absolute atomic E-state index is 12.9. The van der Waals surface area contributed by atoms with Gasteiger partial charge in [-0.1, -0.05) is 12.1 Å². The minimum Gasteiger partial charge on any atom is -0.376 e. The van der Waals surface area contributed by atoms with Crippen molar-refractivity contribution >= 4 is 5.82 Å². The molecule has 0 spiro atoms. The van der Waals surface area contributed by atoms with Crippen LogP contribution in [0.25, 0.3) is 0 Å². The van der Waals surface area contributed by atoms with Gasteiger partial charge in [0.25, 0.3) is 0 Å². The van der Waals surface area contributed by atoms with Gasteiger partial charge in [0.1, 0.15) is 17.5 Å². The molecule has 1 N–H and O–H groups in total. The van der Waals surface area contributed by atoms with E-state index in [4.69, 9.17) is 4.74 Å². The van der Waals surface area contributed by atoms with Crippen LogP contribution in [0.1, 0.15) is 22.6 Å². The SMILES string of the molecule is CNc1nc(Cc2ccc(F)cc2)nc2c1COCC2. The first-order valence-electron chi connectivity index (χ1n) is 6.65. The van der Waals surface area contributed by atoms with E-state index in [0.717, 1.165) is 34.9 Å². The molecule has 0 bridgehead atoms. The van der Waals surface area contributed by atoms with Gasteiger partial charge in [0.2, 0.25) is 0 Å². The molecular weight excluding hydrogens is 257 g/mol. The van der Waals surface area contributed by atoms with E-state index in [0.29, 0.717) is 19.6 Å². The van der Waals surface area contributed by atoms with Gasteiger partial charge in [-0.25, -0.2) is 14.4 Å². The average molecular weight is 273 g/mol. The number of rotatable bonds is 3. The van der Waals surface area contributed by atoms with Crippen molar-refractivity contribution in [2.24, 2.45) is 0 Å². The number of benzene rings is 1. The zero-order valence-corrected chi connectivity index (χ0v) is 11.3. The van der Waals surface area contributed by atoms with Gasteiger partial charge in [-0.3, -0.25) is 0 Å². The lowest BCUT2D eigenvalue weighted by molar-refractivity contribution is 0.109. The third-order valence-corrected chi connectivity index (χ3v) is 3.38. The van der Waals surface area contributed by atoms with Crippen LogP contribution < -0.4 is 5.32 Å². The Morgan fingerprint density at radius 1 is 1.25 bits per heavy atom. The van der Waals surface area contributed by atoms with E-state index in [-0.39, 0.29) is 5.82 Å². The van der Waals surface area contributed by atoms with Crippen LogP contribution in [0, 0.1) is 5.82 Å². The topological polar surface area (TPSA) is 47.0 Å². The second-order valence-electron chi connectivity index (χ2n) is 4.77. The van der Waals surface area contributed by atoms with Crippen LogP contribution in [0.2, 0.25) is 0 Å². The summed E-state index contributed by atoms with van der Waals surface area (Å²) in [5.74, 6) is 1.35. The summed E-state index contributed by atoms with van der Waals surface area (Å²) < 4.78 is 18.4. The van der Waals surface area contributed by atoms with E-state index in [2.05, 4.69) is 15.3 Å². The minimum atomic E-state index is -0.229. The number of hydrogen-bond acceptors (Lipinski definition) is 4. The van der Waals surface area contributed by atoms with Gasteiger partial charge >= 0.3 is 0 Å². The molecule has 0 fully saturated rings. The van der Waals surface area contributed by atoms with E-state index >= 15 is 0 Å². The molecule has 104 valence electrons. The summed E-state index contributed by atoms with van der Waals surface area (Å²) in [6, 6.07) is 6.45. The summed E-state index contributed by atoms with van der Waals surface area (Å²) in [6.45, 7) is 1.26. The Balaban J connectivity index is 1.91. The Morgan fingerprint density at radius 2 is 2.05 bits per heavy atom. The lowest BCUT2D eigenvalue weighted by Crippen LogP contribution is -2.17. The van der Waals surface area contributed by atoms with E-state index in [1.54, 1.807) is 12.1 Å². The first kappa shape index (κ1) is 13.0. The van der Waals surface area contributed by atoms with Crippen molar-refractivity contribution in [3.05, 3.63) is 52.7 Å². The zero-order valence-electron chi connectivity index (χ0n) is 11.3. The Bertz CT molecular complexity index is 596. The smallest absolute Gasteiger partial charge is 0.135 e. The standard InChI is InChI=1S/C15H16FN3O/c1-17-15-12-9-20-7-6-13(12)18-14(19-15)8-10-2-4-11(16)5-3-10/h2-5H,6-9H2,1H3,(H,17,18,19). The van der Waals surface area contributed by atoms with Crippen molar-refractivity contribution in [1.29, 1.82) is 0 Å². The highest BCUT2D eigenvalue weighted by Crippen LogP contribution is 2.22. The molecular formula is C15H16FN3O. The summed E-state index contributed by atoms with van der Waals surface area (Å²) in [5, 5.41) is 3.10. The number of fused-ring (bicyclic) bond motifs is 1. The number of ether oxygens (including phenoxy) is 1. The monoisotopic (exact) mass is 273 g/mol. The summed E-state index contributed by atoms with van der Waals surface area (Å²) >= 11 is 0. The largest absolute Gasteiger partial charge is 0.376 e. The van der Waals surface area contributed by atoms with Gasteiger partial charge in [-0.2, -0.15) is 0 Å². The first-order valence-corrected chi connectivity index (χ1v) is 6.65. The molecule has 5 heteroatoms. The lowest BCUT2D eigenvalue weighted by atomic mass is 10.1. The van der Waals surface area contributed by atoms with Gasteiger partial charge in [-0.05, 0) is 17.7 Å². The second-order valence-corrected chi connectivity index (χ2v) is 4.77. The van der Waals surface area contributed by atoms with Gasteiger partial charge in [0.15, 0.2) is 0 Å². The molecule has 2 aromatic rings. The quantitative estimate of drug-likeness (QED) is 0.932. The molecule has 1 aliphatic heterocycles. The fourth-order valence-electron chi connectivity index (χ4n) is 2.35. The highest BCUT2D eigenvalue weighted by atomic mass is 19.1. The summed E-state index contributed by atoms with van der Waals surface area (Å²) in [4.78, 5) is 9.14. The number of aromatic nitrogens is 2. The molecule has 0 unspecified atom stereocenters. The number of nitrogens with zero attached hydrogens (tertiary/aromatic N) is 2. The second kappa shape index (κ2) is 5.54. The molecule has 20 heavy (non-hydrogen) atoms. The molecule has 0 saturated heterocycles. The molecule has 0 radical (unpaired) electrons.